The summed E-state index contributed by atoms with van der Waals surface area (Å²) in [5.41, 5.74) is 2.22. The Labute approximate surface area is 125 Å². The van der Waals surface area contributed by atoms with Crippen LogP contribution >= 0.6 is 38.9 Å². The molecular formula is C14H14BrClOS. The normalized spacial score (nSPS) is 12.4. The van der Waals surface area contributed by atoms with Crippen LogP contribution in [0.25, 0.3) is 0 Å². The van der Waals surface area contributed by atoms with Crippen molar-refractivity contribution in [2.75, 3.05) is 6.61 Å². The van der Waals surface area contributed by atoms with Gasteiger partial charge in [0.25, 0.3) is 0 Å². The first-order valence-electron chi connectivity index (χ1n) is 5.73. The molecule has 0 N–H and O–H groups in total. The van der Waals surface area contributed by atoms with Crippen LogP contribution in [0.15, 0.2) is 34.1 Å². The lowest BCUT2D eigenvalue weighted by atomic mass is 10.1. The van der Waals surface area contributed by atoms with E-state index < -0.39 is 0 Å². The predicted octanol–water partition coefficient (Wildman–Crippen LogP) is 5.55. The molecule has 0 amide bonds. The molecule has 18 heavy (non-hydrogen) atoms. The maximum atomic E-state index is 6.59. The van der Waals surface area contributed by atoms with E-state index in [1.807, 2.05) is 30.5 Å². The van der Waals surface area contributed by atoms with Crippen LogP contribution in [0, 0.1) is 6.92 Å². The van der Waals surface area contributed by atoms with E-state index in [0.29, 0.717) is 6.61 Å². The Kier molecular flexibility index (Phi) is 4.71. The van der Waals surface area contributed by atoms with E-state index in [9.17, 15) is 0 Å². The van der Waals surface area contributed by atoms with Crippen molar-refractivity contribution in [1.29, 1.82) is 0 Å². The molecule has 2 rings (SSSR count). The third-order valence-electron chi connectivity index (χ3n) is 2.61. The lowest BCUT2D eigenvalue weighted by Gasteiger charge is -2.15. The van der Waals surface area contributed by atoms with Gasteiger partial charge in [-0.3, -0.25) is 0 Å². The first-order valence-corrected chi connectivity index (χ1v) is 7.84. The van der Waals surface area contributed by atoms with Gasteiger partial charge in [0.2, 0.25) is 0 Å². The molecule has 96 valence electrons. The molecule has 0 aliphatic carbocycles. The molecule has 0 aliphatic heterocycles. The van der Waals surface area contributed by atoms with E-state index in [0.717, 1.165) is 20.7 Å². The van der Waals surface area contributed by atoms with Crippen LogP contribution in [-0.2, 0) is 0 Å². The Morgan fingerprint density at radius 1 is 1.39 bits per heavy atom. The molecule has 0 saturated heterocycles. The van der Waals surface area contributed by atoms with Crippen LogP contribution in [-0.4, -0.2) is 6.61 Å². The summed E-state index contributed by atoms with van der Waals surface area (Å²) in [5.74, 6) is 0.864. The number of ether oxygens (including phenoxy) is 1. The van der Waals surface area contributed by atoms with Crippen molar-refractivity contribution in [3.05, 3.63) is 50.1 Å². The largest absolute Gasteiger partial charge is 0.494 e. The second-order valence-electron chi connectivity index (χ2n) is 3.97. The molecule has 0 bridgehead atoms. The topological polar surface area (TPSA) is 9.23 Å². The fourth-order valence-corrected chi connectivity index (χ4v) is 3.95. The van der Waals surface area contributed by atoms with Crippen LogP contribution in [0.4, 0.5) is 0 Å². The quantitative estimate of drug-likeness (QED) is 0.660. The minimum Gasteiger partial charge on any atom is -0.494 e. The summed E-state index contributed by atoms with van der Waals surface area (Å²) in [6, 6.07) is 8.15. The van der Waals surface area contributed by atoms with Crippen molar-refractivity contribution in [1.82, 2.24) is 0 Å². The molecule has 1 aromatic heterocycles. The Bertz CT molecular complexity index is 538. The monoisotopic (exact) mass is 344 g/mol. The van der Waals surface area contributed by atoms with Gasteiger partial charge in [0.05, 0.1) is 12.0 Å². The third kappa shape index (κ3) is 2.90. The summed E-state index contributed by atoms with van der Waals surface area (Å²) in [6.45, 7) is 4.69. The molecule has 1 heterocycles. The Morgan fingerprint density at radius 2 is 2.17 bits per heavy atom. The van der Waals surface area contributed by atoms with E-state index in [4.69, 9.17) is 16.3 Å². The molecule has 0 saturated carbocycles. The average Bonchev–Trinajstić information content (AvgIpc) is 2.77. The summed E-state index contributed by atoms with van der Waals surface area (Å²) in [7, 11) is 0. The molecule has 0 aliphatic rings. The van der Waals surface area contributed by atoms with Gasteiger partial charge in [-0.2, -0.15) is 0 Å². The van der Waals surface area contributed by atoms with Crippen molar-refractivity contribution in [3.8, 4) is 5.75 Å². The van der Waals surface area contributed by atoms with E-state index >= 15 is 0 Å². The van der Waals surface area contributed by atoms with Crippen molar-refractivity contribution in [2.24, 2.45) is 0 Å². The number of rotatable bonds is 4. The Hall–Kier alpha value is -0.510. The van der Waals surface area contributed by atoms with Gasteiger partial charge >= 0.3 is 0 Å². The number of thiophene rings is 1. The first-order chi connectivity index (χ1) is 8.63. The van der Waals surface area contributed by atoms with E-state index in [2.05, 4.69) is 28.9 Å². The van der Waals surface area contributed by atoms with Crippen molar-refractivity contribution in [2.45, 2.75) is 19.2 Å². The molecule has 1 atom stereocenters. The summed E-state index contributed by atoms with van der Waals surface area (Å²) in [4.78, 5) is 1.11. The highest BCUT2D eigenvalue weighted by Crippen LogP contribution is 2.41. The molecular weight excluding hydrogens is 332 g/mol. The molecule has 2 aromatic rings. The van der Waals surface area contributed by atoms with Gasteiger partial charge in [0.15, 0.2) is 0 Å². The van der Waals surface area contributed by atoms with Crippen LogP contribution in [0.5, 0.6) is 5.75 Å². The minimum atomic E-state index is -0.180. The number of hydrogen-bond donors (Lipinski definition) is 0. The molecule has 1 unspecified atom stereocenters. The SMILES string of the molecule is CCOc1ccc(C)cc1C(Cl)c1sccc1Br. The summed E-state index contributed by atoms with van der Waals surface area (Å²) in [6.07, 6.45) is 0. The minimum absolute atomic E-state index is 0.180. The summed E-state index contributed by atoms with van der Waals surface area (Å²) in [5, 5.41) is 1.85. The zero-order chi connectivity index (χ0) is 13.1. The van der Waals surface area contributed by atoms with Crippen LogP contribution in [0.2, 0.25) is 0 Å². The van der Waals surface area contributed by atoms with Gasteiger partial charge in [-0.15, -0.1) is 22.9 Å². The first kappa shape index (κ1) is 13.9. The van der Waals surface area contributed by atoms with Gasteiger partial charge < -0.3 is 4.74 Å². The smallest absolute Gasteiger partial charge is 0.124 e. The molecule has 0 spiro atoms. The lowest BCUT2D eigenvalue weighted by molar-refractivity contribution is 0.337. The molecule has 0 fully saturated rings. The Balaban J connectivity index is 2.43. The third-order valence-corrected chi connectivity index (χ3v) is 5.13. The Morgan fingerprint density at radius 3 is 2.78 bits per heavy atom. The fraction of sp³-hybridized carbons (Fsp3) is 0.286. The zero-order valence-electron chi connectivity index (χ0n) is 10.2. The lowest BCUT2D eigenvalue weighted by Crippen LogP contribution is -2.00. The van der Waals surface area contributed by atoms with Gasteiger partial charge in [-0.1, -0.05) is 17.7 Å². The second kappa shape index (κ2) is 6.09. The van der Waals surface area contributed by atoms with E-state index in [1.165, 1.54) is 5.56 Å². The van der Waals surface area contributed by atoms with Gasteiger partial charge in [0, 0.05) is 14.9 Å². The van der Waals surface area contributed by atoms with E-state index in [-0.39, 0.29) is 5.38 Å². The maximum Gasteiger partial charge on any atom is 0.124 e. The number of halogens is 2. The van der Waals surface area contributed by atoms with Gasteiger partial charge in [-0.05, 0) is 47.3 Å². The fourth-order valence-electron chi connectivity index (χ4n) is 1.78. The average molecular weight is 346 g/mol. The standard InChI is InChI=1S/C14H14BrClOS/c1-3-17-12-5-4-9(2)8-10(12)13(16)14-11(15)6-7-18-14/h4-8,13H,3H2,1-2H3. The molecule has 0 radical (unpaired) electrons. The highest BCUT2D eigenvalue weighted by atomic mass is 79.9. The summed E-state index contributed by atoms with van der Waals surface area (Å²) < 4.78 is 6.71. The number of hydrogen-bond acceptors (Lipinski definition) is 2. The van der Waals surface area contributed by atoms with Crippen molar-refractivity contribution >= 4 is 38.9 Å². The van der Waals surface area contributed by atoms with Crippen molar-refractivity contribution in [3.63, 3.8) is 0 Å². The number of aryl methyl sites for hydroxylation is 1. The summed E-state index contributed by atoms with van der Waals surface area (Å²) >= 11 is 11.8. The van der Waals surface area contributed by atoms with Crippen LogP contribution in [0.1, 0.15) is 28.3 Å². The molecule has 1 aromatic carbocycles. The maximum absolute atomic E-state index is 6.59. The number of alkyl halides is 1. The zero-order valence-corrected chi connectivity index (χ0v) is 13.4. The van der Waals surface area contributed by atoms with Gasteiger partial charge in [-0.25, -0.2) is 0 Å². The van der Waals surface area contributed by atoms with Crippen LogP contribution in [0.3, 0.4) is 0 Å². The predicted molar refractivity (Wildman–Crippen MR) is 82.1 cm³/mol. The van der Waals surface area contributed by atoms with Gasteiger partial charge in [0.1, 0.15) is 5.75 Å². The number of benzene rings is 1. The second-order valence-corrected chi connectivity index (χ2v) is 6.21. The van der Waals surface area contributed by atoms with Crippen molar-refractivity contribution < 1.29 is 4.74 Å². The highest BCUT2D eigenvalue weighted by molar-refractivity contribution is 9.10. The molecule has 1 nitrogen and oxygen atoms in total. The highest BCUT2D eigenvalue weighted by Gasteiger charge is 2.19. The molecule has 4 heteroatoms. The van der Waals surface area contributed by atoms with Crippen LogP contribution < -0.4 is 4.74 Å². The van der Waals surface area contributed by atoms with E-state index in [1.54, 1.807) is 11.3 Å².